The van der Waals surface area contributed by atoms with Crippen LogP contribution >= 0.6 is 0 Å². The quantitative estimate of drug-likeness (QED) is 0.378. The molecule has 5 heteroatoms. The van der Waals surface area contributed by atoms with E-state index in [-0.39, 0.29) is 5.54 Å². The second-order valence-corrected chi connectivity index (χ2v) is 4.72. The van der Waals surface area contributed by atoms with E-state index in [2.05, 4.69) is 22.5 Å². The number of methoxy groups -OCH3 is 1. The first kappa shape index (κ1) is 14.8. The normalized spacial score (nSPS) is 11.6. The standard InChI is InChI=1S/C14H20N4O/c1-5-14(2,3)18-13(16-10-15)17-11-6-8-12(19-4)9-7-11/h6-9H,5H2,1-4H3,(H2,16,17,18). The van der Waals surface area contributed by atoms with Crippen molar-refractivity contribution in [1.29, 1.82) is 5.26 Å². The summed E-state index contributed by atoms with van der Waals surface area (Å²) in [5.74, 6) is 1.23. The Morgan fingerprint density at radius 3 is 2.47 bits per heavy atom. The van der Waals surface area contributed by atoms with Crippen LogP contribution in [0.25, 0.3) is 0 Å². The monoisotopic (exact) mass is 260 g/mol. The second kappa shape index (κ2) is 6.64. The fourth-order valence-electron chi connectivity index (χ4n) is 1.33. The molecule has 102 valence electrons. The summed E-state index contributed by atoms with van der Waals surface area (Å²) in [6.07, 6.45) is 2.77. The van der Waals surface area contributed by atoms with Crippen LogP contribution in [0, 0.1) is 11.5 Å². The predicted octanol–water partition coefficient (Wildman–Crippen LogP) is 2.72. The van der Waals surface area contributed by atoms with Crippen molar-refractivity contribution in [3.63, 3.8) is 0 Å². The fourth-order valence-corrected chi connectivity index (χ4v) is 1.33. The van der Waals surface area contributed by atoms with Gasteiger partial charge in [-0.25, -0.2) is 4.99 Å². The summed E-state index contributed by atoms with van der Waals surface area (Å²) in [6, 6.07) is 7.42. The lowest BCUT2D eigenvalue weighted by atomic mass is 10.0. The molecule has 0 unspecified atom stereocenters. The number of ether oxygens (including phenoxy) is 1. The SMILES string of the molecule is CCC(C)(C)N=C(NC#N)Nc1ccc(OC)cc1. The number of hydrogen-bond donors (Lipinski definition) is 2. The lowest BCUT2D eigenvalue weighted by Crippen LogP contribution is -2.31. The van der Waals surface area contributed by atoms with Gasteiger partial charge in [-0.2, -0.15) is 5.26 Å². The van der Waals surface area contributed by atoms with Crippen LogP contribution in [-0.2, 0) is 0 Å². The van der Waals surface area contributed by atoms with E-state index in [9.17, 15) is 0 Å². The summed E-state index contributed by atoms with van der Waals surface area (Å²) in [6.45, 7) is 6.09. The minimum Gasteiger partial charge on any atom is -0.497 e. The van der Waals surface area contributed by atoms with Crippen molar-refractivity contribution in [2.45, 2.75) is 32.7 Å². The van der Waals surface area contributed by atoms with Crippen molar-refractivity contribution in [2.75, 3.05) is 12.4 Å². The maximum atomic E-state index is 8.76. The van der Waals surface area contributed by atoms with Gasteiger partial charge in [0.2, 0.25) is 5.96 Å². The summed E-state index contributed by atoms with van der Waals surface area (Å²) in [5.41, 5.74) is 0.618. The Morgan fingerprint density at radius 2 is 2.00 bits per heavy atom. The highest BCUT2D eigenvalue weighted by molar-refractivity contribution is 5.94. The van der Waals surface area contributed by atoms with Gasteiger partial charge >= 0.3 is 0 Å². The smallest absolute Gasteiger partial charge is 0.209 e. The molecular weight excluding hydrogens is 240 g/mol. The van der Waals surface area contributed by atoms with Crippen LogP contribution < -0.4 is 15.4 Å². The molecule has 0 spiro atoms. The summed E-state index contributed by atoms with van der Waals surface area (Å²) < 4.78 is 5.09. The van der Waals surface area contributed by atoms with E-state index in [4.69, 9.17) is 10.00 Å². The third kappa shape index (κ3) is 4.88. The molecule has 1 aromatic carbocycles. The number of rotatable bonds is 4. The van der Waals surface area contributed by atoms with E-state index in [1.165, 1.54) is 0 Å². The molecule has 0 bridgehead atoms. The molecule has 0 heterocycles. The first-order chi connectivity index (χ1) is 9.00. The zero-order valence-corrected chi connectivity index (χ0v) is 11.8. The summed E-state index contributed by atoms with van der Waals surface area (Å²) in [4.78, 5) is 4.50. The van der Waals surface area contributed by atoms with Crippen LogP contribution in [0.4, 0.5) is 5.69 Å². The van der Waals surface area contributed by atoms with Crippen molar-refractivity contribution in [3.05, 3.63) is 24.3 Å². The zero-order valence-electron chi connectivity index (χ0n) is 11.8. The maximum absolute atomic E-state index is 8.76. The molecule has 0 saturated heterocycles. The van der Waals surface area contributed by atoms with Crippen LogP contribution in [0.5, 0.6) is 5.75 Å². The average molecular weight is 260 g/mol. The highest BCUT2D eigenvalue weighted by atomic mass is 16.5. The number of nitrogens with zero attached hydrogens (tertiary/aromatic N) is 2. The van der Waals surface area contributed by atoms with Gasteiger partial charge in [0.05, 0.1) is 12.6 Å². The van der Waals surface area contributed by atoms with Crippen LogP contribution in [-0.4, -0.2) is 18.6 Å². The molecule has 2 N–H and O–H groups in total. The Bertz CT molecular complexity index is 471. The molecule has 19 heavy (non-hydrogen) atoms. The Kier molecular flexibility index (Phi) is 5.19. The lowest BCUT2D eigenvalue weighted by molar-refractivity contribution is 0.415. The van der Waals surface area contributed by atoms with E-state index in [1.807, 2.05) is 44.3 Å². The Morgan fingerprint density at radius 1 is 1.37 bits per heavy atom. The number of benzene rings is 1. The number of anilines is 1. The third-order valence-corrected chi connectivity index (χ3v) is 2.81. The fraction of sp³-hybridized carbons (Fsp3) is 0.429. The summed E-state index contributed by atoms with van der Waals surface area (Å²) in [5, 5.41) is 14.4. The lowest BCUT2D eigenvalue weighted by Gasteiger charge is -2.19. The van der Waals surface area contributed by atoms with Gasteiger partial charge in [-0.15, -0.1) is 0 Å². The van der Waals surface area contributed by atoms with E-state index in [1.54, 1.807) is 7.11 Å². The first-order valence-electron chi connectivity index (χ1n) is 6.17. The third-order valence-electron chi connectivity index (χ3n) is 2.81. The largest absolute Gasteiger partial charge is 0.497 e. The van der Waals surface area contributed by atoms with Gasteiger partial charge in [0.15, 0.2) is 6.19 Å². The number of hydrogen-bond acceptors (Lipinski definition) is 3. The van der Waals surface area contributed by atoms with Gasteiger partial charge in [-0.05, 0) is 44.5 Å². The van der Waals surface area contributed by atoms with E-state index >= 15 is 0 Å². The molecule has 1 rings (SSSR count). The molecule has 0 atom stereocenters. The molecule has 0 aliphatic carbocycles. The Labute approximate surface area is 114 Å². The minimum absolute atomic E-state index is 0.224. The van der Waals surface area contributed by atoms with Crippen LogP contribution in [0.15, 0.2) is 29.3 Å². The molecule has 0 saturated carbocycles. The van der Waals surface area contributed by atoms with Gasteiger partial charge < -0.3 is 10.1 Å². The van der Waals surface area contributed by atoms with Crippen LogP contribution in [0.3, 0.4) is 0 Å². The van der Waals surface area contributed by atoms with Crippen LogP contribution in [0.2, 0.25) is 0 Å². The number of nitriles is 1. The summed E-state index contributed by atoms with van der Waals surface area (Å²) >= 11 is 0. The van der Waals surface area contributed by atoms with Gasteiger partial charge in [0.25, 0.3) is 0 Å². The molecular formula is C14H20N4O. The van der Waals surface area contributed by atoms with Crippen molar-refractivity contribution in [2.24, 2.45) is 4.99 Å². The maximum Gasteiger partial charge on any atom is 0.209 e. The first-order valence-corrected chi connectivity index (χ1v) is 6.17. The van der Waals surface area contributed by atoms with E-state index in [0.29, 0.717) is 5.96 Å². The number of guanidine groups is 1. The molecule has 5 nitrogen and oxygen atoms in total. The average Bonchev–Trinajstić information content (AvgIpc) is 2.39. The Balaban J connectivity index is 2.86. The molecule has 0 aliphatic heterocycles. The second-order valence-electron chi connectivity index (χ2n) is 4.72. The van der Waals surface area contributed by atoms with Gasteiger partial charge in [-0.1, -0.05) is 6.92 Å². The number of nitrogens with one attached hydrogen (secondary N) is 2. The van der Waals surface area contributed by atoms with Gasteiger partial charge in [0, 0.05) is 5.69 Å². The van der Waals surface area contributed by atoms with Crippen LogP contribution in [0.1, 0.15) is 27.2 Å². The highest BCUT2D eigenvalue weighted by Crippen LogP contribution is 2.16. The van der Waals surface area contributed by atoms with E-state index in [0.717, 1.165) is 17.9 Å². The molecule has 0 amide bonds. The van der Waals surface area contributed by atoms with Crippen molar-refractivity contribution >= 4 is 11.6 Å². The number of aliphatic imine (C=N–C) groups is 1. The highest BCUT2D eigenvalue weighted by Gasteiger charge is 2.14. The zero-order chi connectivity index (χ0) is 14.3. The minimum atomic E-state index is -0.224. The van der Waals surface area contributed by atoms with Crippen molar-refractivity contribution in [3.8, 4) is 11.9 Å². The molecule has 0 radical (unpaired) electrons. The summed E-state index contributed by atoms with van der Waals surface area (Å²) in [7, 11) is 1.62. The van der Waals surface area contributed by atoms with Crippen molar-refractivity contribution in [1.82, 2.24) is 5.32 Å². The van der Waals surface area contributed by atoms with Gasteiger partial charge in [-0.3, -0.25) is 5.32 Å². The molecule has 0 fully saturated rings. The predicted molar refractivity (Wildman–Crippen MR) is 77.2 cm³/mol. The molecule has 0 aliphatic rings. The van der Waals surface area contributed by atoms with E-state index < -0.39 is 0 Å². The topological polar surface area (TPSA) is 69.4 Å². The molecule has 1 aromatic rings. The Hall–Kier alpha value is -2.22. The van der Waals surface area contributed by atoms with Gasteiger partial charge in [0.1, 0.15) is 5.75 Å². The van der Waals surface area contributed by atoms with Crippen molar-refractivity contribution < 1.29 is 4.74 Å². The molecule has 0 aromatic heterocycles.